The van der Waals surface area contributed by atoms with E-state index in [1.54, 1.807) is 23.4 Å². The fourth-order valence-electron chi connectivity index (χ4n) is 7.75. The van der Waals surface area contributed by atoms with Crippen LogP contribution in [0.1, 0.15) is 123 Å². The minimum Gasteiger partial charge on any atom is -0.489 e. The van der Waals surface area contributed by atoms with Gasteiger partial charge in [0.1, 0.15) is 12.4 Å². The van der Waals surface area contributed by atoms with Gasteiger partial charge < -0.3 is 30.3 Å². The Morgan fingerprint density at radius 1 is 0.966 bits per heavy atom. The van der Waals surface area contributed by atoms with Crippen molar-refractivity contribution in [3.05, 3.63) is 130 Å². The first-order valence-electron chi connectivity index (χ1n) is 20.9. The van der Waals surface area contributed by atoms with Gasteiger partial charge in [-0.3, -0.25) is 14.8 Å². The number of rotatable bonds is 18. The molecule has 1 atom stereocenters. The lowest BCUT2D eigenvalue weighted by atomic mass is 9.74. The van der Waals surface area contributed by atoms with Crippen molar-refractivity contribution in [3.8, 4) is 5.75 Å². The highest BCUT2D eigenvalue weighted by Crippen LogP contribution is 2.45. The lowest BCUT2D eigenvalue weighted by Crippen LogP contribution is -2.47. The Hall–Kier alpha value is -4.77. The van der Waals surface area contributed by atoms with Crippen molar-refractivity contribution in [2.45, 2.75) is 123 Å². The first-order chi connectivity index (χ1) is 27.9. The topological polar surface area (TPSA) is 143 Å². The molecule has 3 aromatic carbocycles. The Balaban J connectivity index is 0.000000903. The minimum absolute atomic E-state index is 0.0126. The molecule has 1 aliphatic rings. The molecule has 0 radical (unpaired) electrons. The summed E-state index contributed by atoms with van der Waals surface area (Å²) in [6, 6.07) is 25.9. The zero-order valence-electron chi connectivity index (χ0n) is 35.6. The summed E-state index contributed by atoms with van der Waals surface area (Å²) in [7, 11) is 0. The molecule has 10 heteroatoms. The molecule has 1 aliphatic carbocycles. The van der Waals surface area contributed by atoms with Crippen molar-refractivity contribution in [1.82, 2.24) is 10.2 Å². The zero-order chi connectivity index (χ0) is 42.6. The van der Waals surface area contributed by atoms with Crippen LogP contribution >= 0.6 is 0 Å². The molecule has 316 valence electrons. The van der Waals surface area contributed by atoms with Crippen molar-refractivity contribution < 1.29 is 39.6 Å². The van der Waals surface area contributed by atoms with Crippen molar-refractivity contribution in [2.24, 2.45) is 0 Å². The molecule has 1 aromatic heterocycles. The number of aromatic nitrogens is 1. The number of aliphatic hydroxyl groups excluding tert-OH is 3. The number of pyridine rings is 1. The quantitative estimate of drug-likeness (QED) is 0.0306. The smallest absolute Gasteiger partial charge is 0.254 e. The van der Waals surface area contributed by atoms with Crippen molar-refractivity contribution in [2.75, 3.05) is 26.3 Å². The summed E-state index contributed by atoms with van der Waals surface area (Å²) in [5, 5.41) is 41.4. The van der Waals surface area contributed by atoms with Crippen LogP contribution in [0, 0.1) is 6.92 Å². The number of carbonyl (C=O) groups is 2. The van der Waals surface area contributed by atoms with Gasteiger partial charge >= 0.3 is 0 Å². The average Bonchev–Trinajstić information content (AvgIpc) is 3.72. The van der Waals surface area contributed by atoms with Crippen LogP contribution in [-0.2, 0) is 35.2 Å². The lowest BCUT2D eigenvalue weighted by molar-refractivity contribution is -0.905. The third-order valence-electron chi connectivity index (χ3n) is 10.9. The average molecular weight is 799 g/mol. The Morgan fingerprint density at radius 2 is 1.66 bits per heavy atom. The normalized spacial score (nSPS) is 13.6. The molecule has 1 saturated carbocycles. The molecule has 0 saturated heterocycles. The van der Waals surface area contributed by atoms with E-state index in [4.69, 9.17) is 9.84 Å². The Labute approximate surface area is 346 Å². The summed E-state index contributed by atoms with van der Waals surface area (Å²) in [5.41, 5.74) is 6.33. The number of carbonyl (C=O) groups excluding carboxylic acids is 2. The number of aliphatic hydroxyl groups is 3. The van der Waals surface area contributed by atoms with Crippen LogP contribution in [-0.4, -0.2) is 70.2 Å². The van der Waals surface area contributed by atoms with Gasteiger partial charge in [-0.05, 0) is 111 Å². The van der Waals surface area contributed by atoms with E-state index in [2.05, 4.69) is 50.4 Å². The first-order valence-corrected chi connectivity index (χ1v) is 20.9. The Morgan fingerprint density at radius 3 is 2.26 bits per heavy atom. The molecule has 5 rings (SSSR count). The molecule has 0 bridgehead atoms. The molecule has 1 unspecified atom stereocenters. The summed E-state index contributed by atoms with van der Waals surface area (Å²) in [6.07, 6.45) is 12.3. The van der Waals surface area contributed by atoms with Crippen molar-refractivity contribution in [1.29, 1.82) is 0 Å². The molecular formula is C48H68N3O7+. The minimum atomic E-state index is -0.751. The van der Waals surface area contributed by atoms with Crippen LogP contribution in [0.4, 0.5) is 0 Å². The second-order valence-corrected chi connectivity index (χ2v) is 15.7. The van der Waals surface area contributed by atoms with Gasteiger partial charge in [-0.15, -0.1) is 0 Å². The molecule has 1 fully saturated rings. The maximum atomic E-state index is 14.4. The molecule has 58 heavy (non-hydrogen) atoms. The summed E-state index contributed by atoms with van der Waals surface area (Å²) in [5.74, 6) is 0.488. The molecule has 1 heterocycles. The number of hydrogen-bond acceptors (Lipinski definition) is 7. The van der Waals surface area contributed by atoms with E-state index in [0.717, 1.165) is 39.8 Å². The van der Waals surface area contributed by atoms with Crippen LogP contribution < -0.4 is 14.8 Å². The number of nitrogens with zero attached hydrogens (tertiary/aromatic N) is 2. The number of amides is 2. The second kappa shape index (κ2) is 24.2. The molecule has 10 nitrogen and oxygen atoms in total. The maximum Gasteiger partial charge on any atom is 0.254 e. The van der Waals surface area contributed by atoms with E-state index in [0.29, 0.717) is 43.7 Å². The van der Waals surface area contributed by atoms with E-state index in [9.17, 15) is 25.0 Å². The molecule has 0 spiro atoms. The number of aryl methyl sites for hydroxylation is 2. The highest BCUT2D eigenvalue weighted by Gasteiger charge is 2.36. The molecule has 5 N–H and O–H groups in total. The van der Waals surface area contributed by atoms with Gasteiger partial charge in [0, 0.05) is 29.4 Å². The van der Waals surface area contributed by atoms with Crippen LogP contribution in [0.15, 0.2) is 91.3 Å². The molecule has 4 aromatic rings. The number of benzene rings is 3. The standard InChI is InChI=1S/C42H53N2O5.C3H7NO2.C3H8/c1-5-42(22-8-9-23-42)39-13-7-6-12-33(39)16-19-36(46)28-34-15-14-31(2)27-38(34)40(47)44(25-26-45)41(3,4)35-17-20-37(21-18-35)49-30-32-11-10-24-43(48)29-32;5-2-1-4-3-6;1-3-2/h6-7,10-15,17-18,20-21,24,27,29,36,45-46,48H,5,8-9,16,19,22-23,25-26,28,30H2,1-4H3;3,5H,1-2H2,(H,4,6);3H2,1-2H3/q+1;;. The molecule has 2 amide bonds. The van der Waals surface area contributed by atoms with E-state index in [1.807, 2.05) is 69.3 Å². The predicted molar refractivity (Wildman–Crippen MR) is 229 cm³/mol. The van der Waals surface area contributed by atoms with Crippen LogP contribution in [0.2, 0.25) is 0 Å². The Kier molecular flexibility index (Phi) is 19.9. The van der Waals surface area contributed by atoms with Gasteiger partial charge in [0.25, 0.3) is 5.91 Å². The van der Waals surface area contributed by atoms with Crippen LogP contribution in [0.25, 0.3) is 0 Å². The van der Waals surface area contributed by atoms with Crippen molar-refractivity contribution >= 4 is 12.3 Å². The fourth-order valence-corrected chi connectivity index (χ4v) is 7.75. The number of ether oxygens (including phenoxy) is 1. The van der Waals surface area contributed by atoms with Gasteiger partial charge in [-0.1, -0.05) is 94.1 Å². The maximum absolute atomic E-state index is 14.4. The monoisotopic (exact) mass is 799 g/mol. The first kappa shape index (κ1) is 47.6. The van der Waals surface area contributed by atoms with Gasteiger partial charge in [0.15, 0.2) is 0 Å². The number of nitrogens with one attached hydrogen (secondary N) is 1. The predicted octanol–water partition coefficient (Wildman–Crippen LogP) is 7.37. The zero-order valence-corrected chi connectivity index (χ0v) is 35.6. The Bertz CT molecular complexity index is 1820. The van der Waals surface area contributed by atoms with Gasteiger partial charge in [-0.25, -0.2) is 0 Å². The van der Waals surface area contributed by atoms with Gasteiger partial charge in [0.05, 0.1) is 30.4 Å². The lowest BCUT2D eigenvalue weighted by Gasteiger charge is -2.39. The van der Waals surface area contributed by atoms with E-state index in [-0.39, 0.29) is 31.1 Å². The SMILES string of the molecule is CCC.CCC1(c2ccccc2CCC(O)Cc2ccc(C)cc2C(=O)N(CCO)C(C)(C)c2ccc(OCc3ccc[n+](O)c3)cc2)CCCC1.O=CNCCO. The van der Waals surface area contributed by atoms with E-state index < -0.39 is 11.6 Å². The van der Waals surface area contributed by atoms with Gasteiger partial charge in [0.2, 0.25) is 18.8 Å². The van der Waals surface area contributed by atoms with E-state index in [1.165, 1.54) is 43.2 Å². The third-order valence-corrected chi connectivity index (χ3v) is 10.9. The van der Waals surface area contributed by atoms with Crippen molar-refractivity contribution in [3.63, 3.8) is 0 Å². The fraction of sp³-hybridized carbons (Fsp3) is 0.479. The van der Waals surface area contributed by atoms with Crippen LogP contribution in [0.3, 0.4) is 0 Å². The highest BCUT2D eigenvalue weighted by molar-refractivity contribution is 5.96. The largest absolute Gasteiger partial charge is 0.489 e. The number of hydrogen-bond donors (Lipinski definition) is 5. The van der Waals surface area contributed by atoms with Crippen LogP contribution in [0.5, 0.6) is 5.75 Å². The second-order valence-electron chi connectivity index (χ2n) is 15.7. The van der Waals surface area contributed by atoms with Gasteiger partial charge in [-0.2, -0.15) is 0 Å². The molecule has 0 aliphatic heterocycles. The molecular weight excluding hydrogens is 731 g/mol. The highest BCUT2D eigenvalue weighted by atomic mass is 16.5. The summed E-state index contributed by atoms with van der Waals surface area (Å²) < 4.78 is 6.92. The summed E-state index contributed by atoms with van der Waals surface area (Å²) in [4.78, 5) is 25.5. The summed E-state index contributed by atoms with van der Waals surface area (Å²) in [6.45, 7) is 13.1. The van der Waals surface area contributed by atoms with E-state index >= 15 is 0 Å². The summed E-state index contributed by atoms with van der Waals surface area (Å²) >= 11 is 0. The third kappa shape index (κ3) is 13.7.